The molecule has 0 radical (unpaired) electrons. The smallest absolute Gasteiger partial charge is 0.319 e. The molecule has 1 atom stereocenters. The first kappa shape index (κ1) is 17.0. The van der Waals surface area contributed by atoms with Crippen molar-refractivity contribution < 1.29 is 14.3 Å². The molecule has 0 aliphatic heterocycles. The van der Waals surface area contributed by atoms with E-state index in [2.05, 4.69) is 15.6 Å². The van der Waals surface area contributed by atoms with Crippen molar-refractivity contribution >= 4 is 23.3 Å². The van der Waals surface area contributed by atoms with Crippen LogP contribution in [0.25, 0.3) is 0 Å². The SMILES string of the molecule is Cc1cc(NC(=O)NC[C@H](O)c2ccc(Cl)c(F)c2)c[nH]c1=O. The second-order valence-electron chi connectivity index (χ2n) is 4.92. The van der Waals surface area contributed by atoms with Crippen LogP contribution < -0.4 is 16.2 Å². The molecule has 0 bridgehead atoms. The van der Waals surface area contributed by atoms with Crippen LogP contribution in [-0.2, 0) is 0 Å². The monoisotopic (exact) mass is 339 g/mol. The third kappa shape index (κ3) is 4.54. The average Bonchev–Trinajstić information content (AvgIpc) is 2.51. The van der Waals surface area contributed by atoms with Crippen LogP contribution in [0.4, 0.5) is 14.9 Å². The number of aromatic amines is 1. The number of aliphatic hydroxyl groups excluding tert-OH is 1. The minimum atomic E-state index is -1.08. The summed E-state index contributed by atoms with van der Waals surface area (Å²) in [6.07, 6.45) is 0.282. The number of urea groups is 1. The molecular formula is C15H15ClFN3O3. The molecule has 0 saturated carbocycles. The Labute approximate surface area is 136 Å². The number of aromatic nitrogens is 1. The number of H-pyrrole nitrogens is 1. The summed E-state index contributed by atoms with van der Waals surface area (Å²) >= 11 is 5.57. The first-order chi connectivity index (χ1) is 10.9. The van der Waals surface area contributed by atoms with Gasteiger partial charge in [0.05, 0.1) is 16.8 Å². The molecule has 23 heavy (non-hydrogen) atoms. The Kier molecular flexibility index (Phi) is 5.36. The van der Waals surface area contributed by atoms with Crippen LogP contribution in [0.5, 0.6) is 0 Å². The van der Waals surface area contributed by atoms with E-state index in [0.29, 0.717) is 16.8 Å². The summed E-state index contributed by atoms with van der Waals surface area (Å²) in [5.41, 5.74) is 0.925. The van der Waals surface area contributed by atoms with Gasteiger partial charge in [-0.15, -0.1) is 0 Å². The maximum absolute atomic E-state index is 13.3. The fourth-order valence-corrected chi connectivity index (χ4v) is 1.99. The molecule has 6 nitrogen and oxygen atoms in total. The van der Waals surface area contributed by atoms with E-state index >= 15 is 0 Å². The predicted octanol–water partition coefficient (Wildman–Crippen LogP) is 2.33. The van der Waals surface area contributed by atoms with Gasteiger partial charge < -0.3 is 20.7 Å². The third-order valence-corrected chi connectivity index (χ3v) is 3.44. The first-order valence-corrected chi connectivity index (χ1v) is 7.12. The summed E-state index contributed by atoms with van der Waals surface area (Å²) in [4.78, 5) is 25.4. The number of amides is 2. The number of rotatable bonds is 4. The number of hydrogen-bond acceptors (Lipinski definition) is 3. The lowest BCUT2D eigenvalue weighted by Gasteiger charge is -2.13. The predicted molar refractivity (Wildman–Crippen MR) is 85.2 cm³/mol. The fourth-order valence-electron chi connectivity index (χ4n) is 1.87. The first-order valence-electron chi connectivity index (χ1n) is 6.74. The highest BCUT2D eigenvalue weighted by Crippen LogP contribution is 2.19. The second kappa shape index (κ2) is 7.26. The number of aryl methyl sites for hydroxylation is 1. The van der Waals surface area contributed by atoms with E-state index in [9.17, 15) is 19.1 Å². The van der Waals surface area contributed by atoms with Gasteiger partial charge in [-0.2, -0.15) is 0 Å². The number of nitrogens with one attached hydrogen (secondary N) is 3. The van der Waals surface area contributed by atoms with Crippen LogP contribution >= 0.6 is 11.6 Å². The molecular weight excluding hydrogens is 325 g/mol. The van der Waals surface area contributed by atoms with Gasteiger partial charge in [-0.1, -0.05) is 17.7 Å². The van der Waals surface area contributed by atoms with E-state index < -0.39 is 18.0 Å². The molecule has 0 fully saturated rings. The van der Waals surface area contributed by atoms with Crippen LogP contribution in [-0.4, -0.2) is 22.7 Å². The molecule has 8 heteroatoms. The van der Waals surface area contributed by atoms with Crippen molar-refractivity contribution in [1.29, 1.82) is 0 Å². The summed E-state index contributed by atoms with van der Waals surface area (Å²) in [6, 6.07) is 4.87. The lowest BCUT2D eigenvalue weighted by molar-refractivity contribution is 0.174. The maximum atomic E-state index is 13.3. The normalized spacial score (nSPS) is 11.8. The second-order valence-corrected chi connectivity index (χ2v) is 5.33. The van der Waals surface area contributed by atoms with Gasteiger partial charge in [-0.05, 0) is 30.7 Å². The Bertz CT molecular complexity index is 779. The zero-order valence-corrected chi connectivity index (χ0v) is 12.9. The van der Waals surface area contributed by atoms with Crippen LogP contribution in [0.2, 0.25) is 5.02 Å². The molecule has 122 valence electrons. The number of halogens is 2. The molecule has 0 unspecified atom stereocenters. The Morgan fingerprint density at radius 3 is 2.83 bits per heavy atom. The standard InChI is InChI=1S/C15H15ClFN3O3/c1-8-4-10(6-18-14(8)22)20-15(23)19-7-13(21)9-2-3-11(16)12(17)5-9/h2-6,13,21H,7H2,1H3,(H,18,22)(H2,19,20,23)/t13-/m0/s1. The lowest BCUT2D eigenvalue weighted by atomic mass is 10.1. The van der Waals surface area contributed by atoms with Gasteiger partial charge in [-0.25, -0.2) is 9.18 Å². The Hall–Kier alpha value is -2.38. The number of hydrogen-bond donors (Lipinski definition) is 4. The van der Waals surface area contributed by atoms with E-state index in [1.165, 1.54) is 24.4 Å². The van der Waals surface area contributed by atoms with Crippen LogP contribution in [0, 0.1) is 12.7 Å². The Balaban J connectivity index is 1.91. The summed E-state index contributed by atoms with van der Waals surface area (Å²) in [5, 5.41) is 14.9. The molecule has 1 aromatic heterocycles. The van der Waals surface area contributed by atoms with Crippen molar-refractivity contribution in [3.05, 3.63) is 62.8 Å². The fraction of sp³-hybridized carbons (Fsp3) is 0.200. The highest BCUT2D eigenvalue weighted by Gasteiger charge is 2.12. The molecule has 2 aromatic rings. The highest BCUT2D eigenvalue weighted by molar-refractivity contribution is 6.30. The van der Waals surface area contributed by atoms with Crippen LogP contribution in [0.1, 0.15) is 17.2 Å². The summed E-state index contributed by atoms with van der Waals surface area (Å²) in [5.74, 6) is -0.642. The molecule has 1 aromatic carbocycles. The van der Waals surface area contributed by atoms with Crippen molar-refractivity contribution in [2.45, 2.75) is 13.0 Å². The number of carbonyl (C=O) groups excluding carboxylic acids is 1. The molecule has 1 heterocycles. The highest BCUT2D eigenvalue weighted by atomic mass is 35.5. The van der Waals surface area contributed by atoms with Gasteiger partial charge in [0.2, 0.25) is 0 Å². The number of benzene rings is 1. The summed E-state index contributed by atoms with van der Waals surface area (Å²) < 4.78 is 13.3. The Morgan fingerprint density at radius 2 is 2.17 bits per heavy atom. The van der Waals surface area contributed by atoms with Crippen LogP contribution in [0.15, 0.2) is 35.3 Å². The van der Waals surface area contributed by atoms with Crippen molar-refractivity contribution in [2.75, 3.05) is 11.9 Å². The molecule has 0 aliphatic rings. The minimum absolute atomic E-state index is 0.0416. The van der Waals surface area contributed by atoms with Gasteiger partial charge in [0.1, 0.15) is 5.82 Å². The average molecular weight is 340 g/mol. The van der Waals surface area contributed by atoms with Gasteiger partial charge in [-0.3, -0.25) is 4.79 Å². The molecule has 0 saturated heterocycles. The molecule has 2 rings (SSSR count). The Morgan fingerprint density at radius 1 is 1.43 bits per heavy atom. The number of pyridine rings is 1. The molecule has 0 spiro atoms. The van der Waals surface area contributed by atoms with Crippen molar-refractivity contribution in [1.82, 2.24) is 10.3 Å². The largest absolute Gasteiger partial charge is 0.387 e. The van der Waals surface area contributed by atoms with E-state index in [1.807, 2.05) is 0 Å². The summed E-state index contributed by atoms with van der Waals surface area (Å²) in [7, 11) is 0. The number of carbonyl (C=O) groups is 1. The maximum Gasteiger partial charge on any atom is 0.319 e. The van der Waals surface area contributed by atoms with E-state index in [0.717, 1.165) is 6.07 Å². The van der Waals surface area contributed by atoms with Gasteiger partial charge >= 0.3 is 6.03 Å². The van der Waals surface area contributed by atoms with Gasteiger partial charge in [0, 0.05) is 18.3 Å². The number of anilines is 1. The molecule has 4 N–H and O–H groups in total. The van der Waals surface area contributed by atoms with Gasteiger partial charge in [0.25, 0.3) is 5.56 Å². The van der Waals surface area contributed by atoms with E-state index in [4.69, 9.17) is 11.6 Å². The third-order valence-electron chi connectivity index (χ3n) is 3.13. The topological polar surface area (TPSA) is 94.2 Å². The minimum Gasteiger partial charge on any atom is -0.387 e. The molecule has 2 amide bonds. The number of aliphatic hydroxyl groups is 1. The summed E-state index contributed by atoms with van der Waals surface area (Å²) in [6.45, 7) is 1.50. The van der Waals surface area contributed by atoms with E-state index in [1.54, 1.807) is 6.92 Å². The quantitative estimate of drug-likeness (QED) is 0.688. The zero-order chi connectivity index (χ0) is 17.0. The van der Waals surface area contributed by atoms with Crippen molar-refractivity contribution in [3.63, 3.8) is 0 Å². The zero-order valence-electron chi connectivity index (χ0n) is 12.2. The van der Waals surface area contributed by atoms with Gasteiger partial charge in [0.15, 0.2) is 0 Å². The molecule has 0 aliphatic carbocycles. The van der Waals surface area contributed by atoms with Crippen molar-refractivity contribution in [2.24, 2.45) is 0 Å². The van der Waals surface area contributed by atoms with E-state index in [-0.39, 0.29) is 17.1 Å². The van der Waals surface area contributed by atoms with Crippen LogP contribution in [0.3, 0.4) is 0 Å². The van der Waals surface area contributed by atoms with Crippen molar-refractivity contribution in [3.8, 4) is 0 Å². The lowest BCUT2D eigenvalue weighted by Crippen LogP contribution is -2.32.